The van der Waals surface area contributed by atoms with Crippen LogP contribution in [0.2, 0.25) is 0 Å². The van der Waals surface area contributed by atoms with Crippen LogP contribution in [0.4, 0.5) is 5.69 Å². The zero-order valence-corrected chi connectivity index (χ0v) is 14.4. The van der Waals surface area contributed by atoms with Gasteiger partial charge in [-0.25, -0.2) is 0 Å². The number of nitrogens with one attached hydrogen (secondary N) is 2. The fourth-order valence-corrected chi connectivity index (χ4v) is 2.88. The van der Waals surface area contributed by atoms with E-state index in [1.54, 1.807) is 23.6 Å². The second kappa shape index (κ2) is 9.20. The topological polar surface area (TPSA) is 78.4 Å². The number of hydrogen-bond acceptors (Lipinski definition) is 4. The summed E-state index contributed by atoms with van der Waals surface area (Å²) in [5, 5.41) is 18.5. The molecule has 0 aliphatic rings. The van der Waals surface area contributed by atoms with Crippen molar-refractivity contribution in [1.29, 1.82) is 0 Å². The zero-order valence-electron chi connectivity index (χ0n) is 13.6. The number of aliphatic hydroxyl groups excluding tert-OH is 1. The van der Waals surface area contributed by atoms with Crippen LogP contribution in [0.15, 0.2) is 41.1 Å². The Morgan fingerprint density at radius 3 is 2.54 bits per heavy atom. The minimum atomic E-state index is -0.814. The van der Waals surface area contributed by atoms with Gasteiger partial charge in [0, 0.05) is 12.2 Å². The predicted molar refractivity (Wildman–Crippen MR) is 96.0 cm³/mol. The van der Waals surface area contributed by atoms with Crippen LogP contribution >= 0.6 is 11.3 Å². The van der Waals surface area contributed by atoms with Crippen LogP contribution in [0.25, 0.3) is 0 Å². The first kappa shape index (κ1) is 18.2. The molecule has 5 nitrogen and oxygen atoms in total. The number of hydrogen-bond donors (Lipinski definition) is 3. The van der Waals surface area contributed by atoms with Crippen LogP contribution in [0, 0.1) is 0 Å². The SMILES string of the molecule is CCCCc1ccc(NC(=O)C(=O)NCC(O)c2ccsc2)cc1. The molecule has 6 heteroatoms. The molecule has 0 spiro atoms. The third kappa shape index (κ3) is 5.47. The van der Waals surface area contributed by atoms with Gasteiger partial charge < -0.3 is 15.7 Å². The summed E-state index contributed by atoms with van der Waals surface area (Å²) < 4.78 is 0. The Labute approximate surface area is 145 Å². The van der Waals surface area contributed by atoms with Crippen LogP contribution in [0.5, 0.6) is 0 Å². The van der Waals surface area contributed by atoms with E-state index in [0.717, 1.165) is 24.8 Å². The van der Waals surface area contributed by atoms with E-state index >= 15 is 0 Å². The number of unbranched alkanes of at least 4 members (excludes halogenated alkanes) is 1. The summed E-state index contributed by atoms with van der Waals surface area (Å²) in [6.45, 7) is 2.14. The van der Waals surface area contributed by atoms with E-state index in [0.29, 0.717) is 5.69 Å². The number of aliphatic hydroxyl groups is 1. The molecule has 0 fully saturated rings. The van der Waals surface area contributed by atoms with Gasteiger partial charge in [-0.15, -0.1) is 0 Å². The molecule has 2 aromatic rings. The molecule has 2 amide bonds. The summed E-state index contributed by atoms with van der Waals surface area (Å²) in [4.78, 5) is 23.7. The normalized spacial score (nSPS) is 11.8. The van der Waals surface area contributed by atoms with Crippen molar-refractivity contribution in [3.05, 3.63) is 52.2 Å². The zero-order chi connectivity index (χ0) is 17.4. The van der Waals surface area contributed by atoms with Gasteiger partial charge in [-0.3, -0.25) is 9.59 Å². The highest BCUT2D eigenvalue weighted by Gasteiger charge is 2.16. The van der Waals surface area contributed by atoms with Crippen molar-refractivity contribution < 1.29 is 14.7 Å². The highest BCUT2D eigenvalue weighted by atomic mass is 32.1. The maximum absolute atomic E-state index is 11.9. The lowest BCUT2D eigenvalue weighted by Crippen LogP contribution is -2.37. The predicted octanol–water partition coefficient (Wildman–Crippen LogP) is 2.88. The number of aryl methyl sites for hydroxylation is 1. The minimum Gasteiger partial charge on any atom is -0.387 e. The van der Waals surface area contributed by atoms with Crippen molar-refractivity contribution in [2.24, 2.45) is 0 Å². The van der Waals surface area contributed by atoms with E-state index in [9.17, 15) is 14.7 Å². The second-order valence-electron chi connectivity index (χ2n) is 5.54. The van der Waals surface area contributed by atoms with E-state index in [4.69, 9.17) is 0 Å². The lowest BCUT2D eigenvalue weighted by atomic mass is 10.1. The molecular formula is C18H22N2O3S. The molecule has 2 rings (SSSR count). The first-order chi connectivity index (χ1) is 11.6. The third-order valence-electron chi connectivity index (χ3n) is 3.62. The van der Waals surface area contributed by atoms with Gasteiger partial charge in [0.05, 0.1) is 6.10 Å². The average molecular weight is 346 g/mol. The Hall–Kier alpha value is -2.18. The number of anilines is 1. The fraction of sp³-hybridized carbons (Fsp3) is 0.333. The van der Waals surface area contributed by atoms with E-state index in [1.807, 2.05) is 17.5 Å². The average Bonchev–Trinajstić information content (AvgIpc) is 3.13. The Balaban J connectivity index is 1.79. The van der Waals surface area contributed by atoms with Crippen molar-refractivity contribution in [3.63, 3.8) is 0 Å². The minimum absolute atomic E-state index is 0.00105. The molecule has 0 radical (unpaired) electrons. The molecule has 3 N–H and O–H groups in total. The van der Waals surface area contributed by atoms with Crippen molar-refractivity contribution in [3.8, 4) is 0 Å². The Morgan fingerprint density at radius 1 is 1.17 bits per heavy atom. The van der Waals surface area contributed by atoms with Gasteiger partial charge in [0.25, 0.3) is 0 Å². The molecule has 0 bridgehead atoms. The molecule has 1 atom stereocenters. The largest absolute Gasteiger partial charge is 0.387 e. The van der Waals surface area contributed by atoms with Crippen molar-refractivity contribution in [2.45, 2.75) is 32.3 Å². The summed E-state index contributed by atoms with van der Waals surface area (Å²) in [6.07, 6.45) is 2.45. The Kier molecular flexibility index (Phi) is 6.96. The van der Waals surface area contributed by atoms with Crippen LogP contribution in [-0.4, -0.2) is 23.5 Å². The van der Waals surface area contributed by atoms with Gasteiger partial charge in [-0.1, -0.05) is 25.5 Å². The second-order valence-corrected chi connectivity index (χ2v) is 6.32. The van der Waals surface area contributed by atoms with E-state index < -0.39 is 17.9 Å². The van der Waals surface area contributed by atoms with E-state index in [2.05, 4.69) is 17.6 Å². The van der Waals surface area contributed by atoms with Gasteiger partial charge in [0.2, 0.25) is 0 Å². The molecule has 0 saturated heterocycles. The van der Waals surface area contributed by atoms with Gasteiger partial charge in [-0.2, -0.15) is 11.3 Å². The molecule has 128 valence electrons. The third-order valence-corrected chi connectivity index (χ3v) is 4.32. The standard InChI is InChI=1S/C18H22N2O3S/c1-2-3-4-13-5-7-15(8-6-13)20-18(23)17(22)19-11-16(21)14-9-10-24-12-14/h5-10,12,16,21H,2-4,11H2,1H3,(H,19,22)(H,20,23). The first-order valence-corrected chi connectivity index (χ1v) is 8.92. The van der Waals surface area contributed by atoms with Gasteiger partial charge >= 0.3 is 11.8 Å². The van der Waals surface area contributed by atoms with Gasteiger partial charge in [-0.05, 0) is 52.9 Å². The van der Waals surface area contributed by atoms with Crippen molar-refractivity contribution in [2.75, 3.05) is 11.9 Å². The molecule has 1 aromatic carbocycles. The molecule has 0 saturated carbocycles. The monoisotopic (exact) mass is 346 g/mol. The lowest BCUT2D eigenvalue weighted by molar-refractivity contribution is -0.136. The van der Waals surface area contributed by atoms with Crippen LogP contribution in [0.1, 0.15) is 37.0 Å². The molecule has 1 heterocycles. The lowest BCUT2D eigenvalue weighted by Gasteiger charge is -2.11. The quantitative estimate of drug-likeness (QED) is 0.675. The summed E-state index contributed by atoms with van der Waals surface area (Å²) in [5.74, 6) is -1.51. The number of amides is 2. The molecule has 0 aliphatic carbocycles. The van der Waals surface area contributed by atoms with E-state index in [-0.39, 0.29) is 6.54 Å². The molecule has 24 heavy (non-hydrogen) atoms. The number of rotatable bonds is 7. The van der Waals surface area contributed by atoms with Crippen molar-refractivity contribution >= 4 is 28.8 Å². The number of carbonyl (C=O) groups is 2. The highest BCUT2D eigenvalue weighted by molar-refractivity contribution is 7.07. The first-order valence-electron chi connectivity index (χ1n) is 7.98. The van der Waals surface area contributed by atoms with Gasteiger partial charge in [0.1, 0.15) is 0 Å². The Bertz CT molecular complexity index is 653. The number of carbonyl (C=O) groups excluding carboxylic acids is 2. The van der Waals surface area contributed by atoms with Crippen LogP contribution in [0.3, 0.4) is 0 Å². The van der Waals surface area contributed by atoms with Crippen molar-refractivity contribution in [1.82, 2.24) is 5.32 Å². The van der Waals surface area contributed by atoms with E-state index in [1.165, 1.54) is 16.9 Å². The maximum Gasteiger partial charge on any atom is 0.313 e. The fourth-order valence-electron chi connectivity index (χ4n) is 2.18. The Morgan fingerprint density at radius 2 is 1.92 bits per heavy atom. The summed E-state index contributed by atoms with van der Waals surface area (Å²) in [5.41, 5.74) is 2.51. The molecule has 0 aliphatic heterocycles. The molecule has 1 aromatic heterocycles. The maximum atomic E-state index is 11.9. The molecule has 1 unspecified atom stereocenters. The van der Waals surface area contributed by atoms with Gasteiger partial charge in [0.15, 0.2) is 0 Å². The summed E-state index contributed by atoms with van der Waals surface area (Å²) >= 11 is 1.46. The molecular weight excluding hydrogens is 324 g/mol. The van der Waals surface area contributed by atoms with Crippen LogP contribution < -0.4 is 10.6 Å². The van der Waals surface area contributed by atoms with Crippen LogP contribution in [-0.2, 0) is 16.0 Å². The number of benzene rings is 1. The highest BCUT2D eigenvalue weighted by Crippen LogP contribution is 2.15. The summed E-state index contributed by atoms with van der Waals surface area (Å²) in [6, 6.07) is 9.25. The number of thiophene rings is 1. The summed E-state index contributed by atoms with van der Waals surface area (Å²) in [7, 11) is 0. The smallest absolute Gasteiger partial charge is 0.313 e.